The van der Waals surface area contributed by atoms with Crippen molar-refractivity contribution in [2.45, 2.75) is 33.2 Å². The molecular formula is C19H23N5. The predicted molar refractivity (Wildman–Crippen MR) is 95.2 cm³/mol. The molecule has 0 saturated carbocycles. The molecule has 0 amide bonds. The van der Waals surface area contributed by atoms with Crippen LogP contribution in [0.2, 0.25) is 0 Å². The summed E-state index contributed by atoms with van der Waals surface area (Å²) in [5, 5.41) is 7.79. The zero-order valence-corrected chi connectivity index (χ0v) is 14.4. The average molecular weight is 321 g/mol. The van der Waals surface area contributed by atoms with Crippen molar-refractivity contribution in [3.8, 4) is 5.69 Å². The minimum absolute atomic E-state index is 0.244. The molecule has 0 fully saturated rings. The van der Waals surface area contributed by atoms with Gasteiger partial charge in [0, 0.05) is 35.9 Å². The Morgan fingerprint density at radius 2 is 1.96 bits per heavy atom. The lowest BCUT2D eigenvalue weighted by atomic mass is 10.1. The molecule has 5 nitrogen and oxygen atoms in total. The Morgan fingerprint density at radius 1 is 1.17 bits per heavy atom. The van der Waals surface area contributed by atoms with Crippen LogP contribution in [0.5, 0.6) is 0 Å². The second-order valence-electron chi connectivity index (χ2n) is 6.00. The van der Waals surface area contributed by atoms with Crippen LogP contribution in [0, 0.1) is 13.8 Å². The lowest BCUT2D eigenvalue weighted by Crippen LogP contribution is -2.22. The predicted octanol–water partition coefficient (Wildman–Crippen LogP) is 3.17. The Morgan fingerprint density at radius 3 is 2.62 bits per heavy atom. The lowest BCUT2D eigenvalue weighted by Gasteiger charge is -2.16. The van der Waals surface area contributed by atoms with Crippen LogP contribution >= 0.6 is 0 Å². The molecule has 0 aliphatic heterocycles. The van der Waals surface area contributed by atoms with Gasteiger partial charge in [0.2, 0.25) is 0 Å². The van der Waals surface area contributed by atoms with E-state index in [1.54, 1.807) is 6.20 Å². The Hall–Kier alpha value is -2.53. The van der Waals surface area contributed by atoms with Crippen molar-refractivity contribution in [3.63, 3.8) is 0 Å². The first-order valence-corrected chi connectivity index (χ1v) is 8.26. The SMILES string of the molecule is Cc1ncc(C(C)NCCc2ccc(-n3cccn3)cc2)c(C)n1. The van der Waals surface area contributed by atoms with Gasteiger partial charge in [-0.25, -0.2) is 14.6 Å². The van der Waals surface area contributed by atoms with Crippen molar-refractivity contribution in [1.82, 2.24) is 25.1 Å². The van der Waals surface area contributed by atoms with Crippen molar-refractivity contribution in [2.75, 3.05) is 6.54 Å². The van der Waals surface area contributed by atoms with Gasteiger partial charge in [0.05, 0.1) is 5.69 Å². The number of nitrogens with one attached hydrogen (secondary N) is 1. The van der Waals surface area contributed by atoms with E-state index in [1.807, 2.05) is 37.0 Å². The van der Waals surface area contributed by atoms with Gasteiger partial charge in [0.15, 0.2) is 0 Å². The van der Waals surface area contributed by atoms with E-state index in [0.717, 1.165) is 35.7 Å². The van der Waals surface area contributed by atoms with E-state index in [9.17, 15) is 0 Å². The number of hydrogen-bond acceptors (Lipinski definition) is 4. The van der Waals surface area contributed by atoms with E-state index in [1.165, 1.54) is 5.56 Å². The number of aryl methyl sites for hydroxylation is 2. The quantitative estimate of drug-likeness (QED) is 0.757. The van der Waals surface area contributed by atoms with Gasteiger partial charge in [-0.2, -0.15) is 5.10 Å². The monoisotopic (exact) mass is 321 g/mol. The molecule has 0 saturated heterocycles. The third-order valence-corrected chi connectivity index (χ3v) is 4.17. The van der Waals surface area contributed by atoms with E-state index in [-0.39, 0.29) is 6.04 Å². The Balaban J connectivity index is 1.54. The van der Waals surface area contributed by atoms with E-state index >= 15 is 0 Å². The van der Waals surface area contributed by atoms with Crippen LogP contribution in [-0.4, -0.2) is 26.3 Å². The fourth-order valence-corrected chi connectivity index (χ4v) is 2.80. The second kappa shape index (κ2) is 7.36. The highest BCUT2D eigenvalue weighted by Gasteiger charge is 2.09. The summed E-state index contributed by atoms with van der Waals surface area (Å²) in [6, 6.07) is 10.7. The smallest absolute Gasteiger partial charge is 0.125 e. The van der Waals surface area contributed by atoms with Crippen molar-refractivity contribution in [3.05, 3.63) is 71.6 Å². The molecule has 3 rings (SSSR count). The molecule has 0 aliphatic carbocycles. The fraction of sp³-hybridized carbons (Fsp3) is 0.316. The minimum Gasteiger partial charge on any atom is -0.310 e. The first-order chi connectivity index (χ1) is 11.6. The number of hydrogen-bond donors (Lipinski definition) is 1. The van der Waals surface area contributed by atoms with Gasteiger partial charge >= 0.3 is 0 Å². The molecule has 1 N–H and O–H groups in total. The second-order valence-corrected chi connectivity index (χ2v) is 6.00. The van der Waals surface area contributed by atoms with Gasteiger partial charge in [0.1, 0.15) is 5.82 Å². The van der Waals surface area contributed by atoms with Crippen LogP contribution in [-0.2, 0) is 6.42 Å². The van der Waals surface area contributed by atoms with E-state index in [2.05, 4.69) is 51.6 Å². The zero-order chi connectivity index (χ0) is 16.9. The summed E-state index contributed by atoms with van der Waals surface area (Å²) >= 11 is 0. The third-order valence-electron chi connectivity index (χ3n) is 4.17. The molecular weight excluding hydrogens is 298 g/mol. The van der Waals surface area contributed by atoms with Crippen LogP contribution in [0.3, 0.4) is 0 Å². The van der Waals surface area contributed by atoms with Crippen LogP contribution in [0.25, 0.3) is 5.69 Å². The van der Waals surface area contributed by atoms with E-state index < -0.39 is 0 Å². The maximum Gasteiger partial charge on any atom is 0.125 e. The molecule has 3 aromatic rings. The van der Waals surface area contributed by atoms with E-state index in [4.69, 9.17) is 0 Å². The summed E-state index contributed by atoms with van der Waals surface area (Å²) in [7, 11) is 0. The Bertz CT molecular complexity index is 778. The van der Waals surface area contributed by atoms with Crippen LogP contribution in [0.4, 0.5) is 0 Å². The first-order valence-electron chi connectivity index (χ1n) is 8.26. The van der Waals surface area contributed by atoms with Crippen molar-refractivity contribution >= 4 is 0 Å². The van der Waals surface area contributed by atoms with Crippen LogP contribution < -0.4 is 5.32 Å². The molecule has 2 aromatic heterocycles. The maximum absolute atomic E-state index is 4.44. The van der Waals surface area contributed by atoms with Gasteiger partial charge in [-0.1, -0.05) is 12.1 Å². The Kier molecular flexibility index (Phi) is 5.01. The fourth-order valence-electron chi connectivity index (χ4n) is 2.80. The normalized spacial score (nSPS) is 12.3. The maximum atomic E-state index is 4.44. The summed E-state index contributed by atoms with van der Waals surface area (Å²) in [4.78, 5) is 8.74. The summed E-state index contributed by atoms with van der Waals surface area (Å²) in [6.45, 7) is 7.02. The molecule has 124 valence electrons. The van der Waals surface area contributed by atoms with Gasteiger partial charge in [-0.15, -0.1) is 0 Å². The zero-order valence-electron chi connectivity index (χ0n) is 14.4. The van der Waals surface area contributed by atoms with Crippen molar-refractivity contribution in [1.29, 1.82) is 0 Å². The van der Waals surface area contributed by atoms with Gasteiger partial charge in [0.25, 0.3) is 0 Å². The molecule has 0 spiro atoms. The van der Waals surface area contributed by atoms with Gasteiger partial charge < -0.3 is 5.32 Å². The summed E-state index contributed by atoms with van der Waals surface area (Å²) < 4.78 is 1.87. The summed E-state index contributed by atoms with van der Waals surface area (Å²) in [6.07, 6.45) is 6.64. The Labute approximate surface area is 142 Å². The molecule has 1 unspecified atom stereocenters. The lowest BCUT2D eigenvalue weighted by molar-refractivity contribution is 0.569. The number of aromatic nitrogens is 4. The molecule has 2 heterocycles. The van der Waals surface area contributed by atoms with Crippen LogP contribution in [0.1, 0.15) is 35.6 Å². The summed E-state index contributed by atoms with van der Waals surface area (Å²) in [5.41, 5.74) is 4.60. The number of nitrogens with zero attached hydrogens (tertiary/aromatic N) is 4. The highest BCUT2D eigenvalue weighted by Crippen LogP contribution is 2.15. The molecule has 24 heavy (non-hydrogen) atoms. The first kappa shape index (κ1) is 16.3. The standard InChI is InChI=1S/C19H23N5/c1-14(19-13-21-16(3)23-15(19)2)20-11-9-17-5-7-18(8-6-17)24-12-4-10-22-24/h4-8,10,12-14,20H,9,11H2,1-3H3. The highest BCUT2D eigenvalue weighted by molar-refractivity contribution is 5.33. The molecule has 0 bridgehead atoms. The molecule has 1 aromatic carbocycles. The minimum atomic E-state index is 0.244. The van der Waals surface area contributed by atoms with Gasteiger partial charge in [-0.3, -0.25) is 0 Å². The van der Waals surface area contributed by atoms with Gasteiger partial charge in [-0.05, 0) is 57.5 Å². The summed E-state index contributed by atoms with van der Waals surface area (Å²) in [5.74, 6) is 0.820. The average Bonchev–Trinajstić information content (AvgIpc) is 3.10. The molecule has 0 aliphatic rings. The molecule has 0 radical (unpaired) electrons. The van der Waals surface area contributed by atoms with Crippen molar-refractivity contribution < 1.29 is 0 Å². The number of rotatable bonds is 6. The molecule has 1 atom stereocenters. The highest BCUT2D eigenvalue weighted by atomic mass is 15.3. The topological polar surface area (TPSA) is 55.6 Å². The number of benzene rings is 1. The largest absolute Gasteiger partial charge is 0.310 e. The third kappa shape index (κ3) is 3.86. The van der Waals surface area contributed by atoms with E-state index in [0.29, 0.717) is 0 Å². The van der Waals surface area contributed by atoms with Crippen LogP contribution in [0.15, 0.2) is 48.9 Å². The van der Waals surface area contributed by atoms with Crippen molar-refractivity contribution in [2.24, 2.45) is 0 Å². The molecule has 5 heteroatoms.